The summed E-state index contributed by atoms with van der Waals surface area (Å²) in [5, 5.41) is 10.8. The summed E-state index contributed by atoms with van der Waals surface area (Å²) in [4.78, 5) is 3.11. The van der Waals surface area contributed by atoms with Gasteiger partial charge < -0.3 is 9.55 Å². The molecule has 0 unspecified atom stereocenters. The highest BCUT2D eigenvalue weighted by molar-refractivity contribution is 7.70. The Hall–Kier alpha value is -1.52. The minimum Gasteiger partial charge on any atom is -0.360 e. The average molecular weight is 232 g/mol. The molecule has 4 heteroatoms. The van der Waals surface area contributed by atoms with Crippen molar-refractivity contribution >= 4 is 23.3 Å². The lowest BCUT2D eigenvalue weighted by molar-refractivity contribution is 0.588. The Labute approximate surface area is 94.5 Å². The highest BCUT2D eigenvalue weighted by Crippen LogP contribution is 2.39. The van der Waals surface area contributed by atoms with Crippen molar-refractivity contribution in [3.8, 4) is 6.07 Å². The highest BCUT2D eigenvalue weighted by Gasteiger charge is 2.20. The second-order valence-electron chi connectivity index (χ2n) is 4.32. The van der Waals surface area contributed by atoms with Gasteiger partial charge in [-0.25, -0.2) is 0 Å². The number of nitrogens with zero attached hydrogens (tertiary/aromatic N) is 1. The Morgan fingerprint density at radius 1 is 1.38 bits per heavy atom. The number of nitriles is 1. The van der Waals surface area contributed by atoms with Crippen LogP contribution in [0.4, 0.5) is 0 Å². The predicted octanol–water partition coefficient (Wildman–Crippen LogP) is 2.60. The molecule has 0 aliphatic rings. The highest BCUT2D eigenvalue weighted by atomic mass is 31.2. The normalized spacial score (nSPS) is 11.6. The van der Waals surface area contributed by atoms with Gasteiger partial charge in [0.15, 0.2) is 0 Å². The van der Waals surface area contributed by atoms with Crippen molar-refractivity contribution in [2.45, 2.75) is 6.92 Å². The maximum absolute atomic E-state index is 12.2. The molecule has 0 aliphatic carbocycles. The zero-order valence-corrected chi connectivity index (χ0v) is 10.4. The van der Waals surface area contributed by atoms with Crippen LogP contribution in [0, 0.1) is 18.3 Å². The van der Waals surface area contributed by atoms with Crippen LogP contribution in [0.15, 0.2) is 18.3 Å². The van der Waals surface area contributed by atoms with E-state index in [1.165, 1.54) is 0 Å². The predicted molar refractivity (Wildman–Crippen MR) is 66.8 cm³/mol. The number of hydrogen-bond donors (Lipinski definition) is 1. The van der Waals surface area contributed by atoms with Gasteiger partial charge in [0, 0.05) is 11.6 Å². The third-order valence-electron chi connectivity index (χ3n) is 2.69. The van der Waals surface area contributed by atoms with Gasteiger partial charge in [-0.05, 0) is 31.9 Å². The molecule has 1 aromatic carbocycles. The molecule has 2 aromatic rings. The van der Waals surface area contributed by atoms with Crippen molar-refractivity contribution in [3.05, 3.63) is 29.5 Å². The molecule has 1 N–H and O–H groups in total. The zero-order chi connectivity index (χ0) is 11.9. The van der Waals surface area contributed by atoms with E-state index in [9.17, 15) is 4.57 Å². The first kappa shape index (κ1) is 11.0. The first-order valence-electron chi connectivity index (χ1n) is 5.01. The van der Waals surface area contributed by atoms with Crippen LogP contribution in [-0.4, -0.2) is 18.3 Å². The van der Waals surface area contributed by atoms with Crippen molar-refractivity contribution in [3.63, 3.8) is 0 Å². The summed E-state index contributed by atoms with van der Waals surface area (Å²) in [5.74, 6) is 0. The van der Waals surface area contributed by atoms with Gasteiger partial charge in [-0.1, -0.05) is 6.07 Å². The van der Waals surface area contributed by atoms with E-state index in [2.05, 4.69) is 11.1 Å². The summed E-state index contributed by atoms with van der Waals surface area (Å²) in [6.07, 6.45) is 1.88. The van der Waals surface area contributed by atoms with Gasteiger partial charge in [0.25, 0.3) is 0 Å². The van der Waals surface area contributed by atoms with Crippen LogP contribution in [-0.2, 0) is 4.57 Å². The molecule has 3 nitrogen and oxygen atoms in total. The number of H-pyrrole nitrogens is 1. The van der Waals surface area contributed by atoms with Gasteiger partial charge in [0.05, 0.1) is 22.5 Å². The fourth-order valence-electron chi connectivity index (χ4n) is 1.97. The molecule has 0 saturated carbocycles. The van der Waals surface area contributed by atoms with E-state index in [1.54, 1.807) is 19.4 Å². The van der Waals surface area contributed by atoms with E-state index < -0.39 is 7.14 Å². The molecule has 0 fully saturated rings. The lowest BCUT2D eigenvalue weighted by atomic mass is 10.1. The van der Waals surface area contributed by atoms with E-state index >= 15 is 0 Å². The van der Waals surface area contributed by atoms with Crippen LogP contribution in [0.5, 0.6) is 0 Å². The molecule has 0 atom stereocenters. The summed E-state index contributed by atoms with van der Waals surface area (Å²) < 4.78 is 12.2. The number of benzene rings is 1. The smallest absolute Gasteiger partial charge is 0.113 e. The van der Waals surface area contributed by atoms with Gasteiger partial charge in [-0.2, -0.15) is 5.26 Å². The standard InChI is InChI=1S/C12H13N2OP/c1-8-7-14-11-10(8)5-4-9(6-13)12(11)16(2,3)15/h4-5,7,14H,1-3H3. The lowest BCUT2D eigenvalue weighted by Gasteiger charge is -2.10. The van der Waals surface area contributed by atoms with Gasteiger partial charge in [-0.3, -0.25) is 0 Å². The molecule has 16 heavy (non-hydrogen) atoms. The zero-order valence-electron chi connectivity index (χ0n) is 9.53. The first-order chi connectivity index (χ1) is 7.45. The maximum atomic E-state index is 12.2. The first-order valence-corrected chi connectivity index (χ1v) is 7.61. The van der Waals surface area contributed by atoms with Crippen LogP contribution < -0.4 is 5.30 Å². The number of nitrogens with one attached hydrogen (secondary N) is 1. The second kappa shape index (κ2) is 3.50. The van der Waals surface area contributed by atoms with Crippen LogP contribution in [0.2, 0.25) is 0 Å². The van der Waals surface area contributed by atoms with Crippen LogP contribution in [0.25, 0.3) is 10.9 Å². The fourth-order valence-corrected chi connectivity index (χ4v) is 3.40. The Balaban J connectivity index is 2.97. The minimum atomic E-state index is -2.46. The SMILES string of the molecule is Cc1c[nH]c2c(P(C)(C)=O)c(C#N)ccc12. The van der Waals surface area contributed by atoms with E-state index in [0.29, 0.717) is 10.9 Å². The van der Waals surface area contributed by atoms with Crippen molar-refractivity contribution in [1.82, 2.24) is 4.98 Å². The van der Waals surface area contributed by atoms with E-state index in [0.717, 1.165) is 16.5 Å². The number of hydrogen-bond acceptors (Lipinski definition) is 2. The molecular formula is C12H13N2OP. The molecule has 0 spiro atoms. The second-order valence-corrected chi connectivity index (χ2v) is 7.47. The molecule has 0 saturated heterocycles. The topological polar surface area (TPSA) is 56.6 Å². The van der Waals surface area contributed by atoms with Gasteiger partial charge >= 0.3 is 0 Å². The molecule has 0 bridgehead atoms. The van der Waals surface area contributed by atoms with E-state index in [1.807, 2.05) is 19.2 Å². The largest absolute Gasteiger partial charge is 0.360 e. The molecule has 1 heterocycles. The molecule has 1 aromatic heterocycles. The summed E-state index contributed by atoms with van der Waals surface area (Å²) in [7, 11) is -2.46. The van der Waals surface area contributed by atoms with E-state index in [-0.39, 0.29) is 0 Å². The van der Waals surface area contributed by atoms with Crippen molar-refractivity contribution in [2.75, 3.05) is 13.3 Å². The lowest BCUT2D eigenvalue weighted by Crippen LogP contribution is -2.09. The number of rotatable bonds is 1. The fraction of sp³-hybridized carbons (Fsp3) is 0.250. The Kier molecular flexibility index (Phi) is 2.40. The van der Waals surface area contributed by atoms with Crippen LogP contribution in [0.3, 0.4) is 0 Å². The number of fused-ring (bicyclic) bond motifs is 1. The number of aryl methyl sites for hydroxylation is 1. The summed E-state index contributed by atoms with van der Waals surface area (Å²) in [6, 6.07) is 5.76. The van der Waals surface area contributed by atoms with Crippen molar-refractivity contribution in [1.29, 1.82) is 5.26 Å². The molecule has 0 radical (unpaired) electrons. The quantitative estimate of drug-likeness (QED) is 0.768. The van der Waals surface area contributed by atoms with Crippen molar-refractivity contribution < 1.29 is 4.57 Å². The third-order valence-corrected chi connectivity index (χ3v) is 4.24. The molecule has 82 valence electrons. The number of aromatic nitrogens is 1. The van der Waals surface area contributed by atoms with Gasteiger partial charge in [-0.15, -0.1) is 0 Å². The minimum absolute atomic E-state index is 0.502. The third kappa shape index (κ3) is 1.56. The summed E-state index contributed by atoms with van der Waals surface area (Å²) >= 11 is 0. The average Bonchev–Trinajstić information content (AvgIpc) is 2.57. The van der Waals surface area contributed by atoms with Gasteiger partial charge in [0.2, 0.25) is 0 Å². The Morgan fingerprint density at radius 2 is 2.06 bits per heavy atom. The van der Waals surface area contributed by atoms with Crippen LogP contribution >= 0.6 is 7.14 Å². The summed E-state index contributed by atoms with van der Waals surface area (Å²) in [5.41, 5.74) is 2.45. The van der Waals surface area contributed by atoms with Gasteiger partial charge in [0.1, 0.15) is 7.14 Å². The Bertz CT molecular complexity index is 643. The summed E-state index contributed by atoms with van der Waals surface area (Å²) in [6.45, 7) is 5.38. The molecule has 2 rings (SSSR count). The number of aromatic amines is 1. The Morgan fingerprint density at radius 3 is 2.62 bits per heavy atom. The molecule has 0 amide bonds. The molecule has 0 aliphatic heterocycles. The maximum Gasteiger partial charge on any atom is 0.113 e. The van der Waals surface area contributed by atoms with Crippen molar-refractivity contribution in [2.24, 2.45) is 0 Å². The van der Waals surface area contributed by atoms with E-state index in [4.69, 9.17) is 5.26 Å². The van der Waals surface area contributed by atoms with Crippen LogP contribution in [0.1, 0.15) is 11.1 Å². The molecular weight excluding hydrogens is 219 g/mol. The monoisotopic (exact) mass is 232 g/mol.